The lowest BCUT2D eigenvalue weighted by Crippen LogP contribution is -2.15. The van der Waals surface area contributed by atoms with Crippen molar-refractivity contribution in [3.63, 3.8) is 0 Å². The Hall–Kier alpha value is -2.57. The number of hydrogen-bond donors (Lipinski definition) is 1. The second-order valence-corrected chi connectivity index (χ2v) is 7.89. The highest BCUT2D eigenvalue weighted by molar-refractivity contribution is 7.81. The molecule has 3 rings (SSSR count). The molecule has 114 valence electrons. The molecule has 0 heterocycles. The van der Waals surface area contributed by atoms with Crippen LogP contribution in [0.1, 0.15) is 5.56 Å². The topological polar surface area (TPSA) is 43.1 Å². The summed E-state index contributed by atoms with van der Waals surface area (Å²) in [6.45, 7) is 0. The van der Waals surface area contributed by atoms with E-state index in [9.17, 15) is 4.57 Å². The fraction of sp³-hybridized carbons (Fsp3) is 0. The van der Waals surface area contributed by atoms with E-state index in [4.69, 9.17) is 5.73 Å². The van der Waals surface area contributed by atoms with Crippen molar-refractivity contribution in [3.05, 3.63) is 102 Å². The van der Waals surface area contributed by atoms with Crippen molar-refractivity contribution in [1.29, 1.82) is 0 Å². The van der Waals surface area contributed by atoms with Gasteiger partial charge in [-0.25, -0.2) is 0 Å². The van der Waals surface area contributed by atoms with Crippen LogP contribution in [0.25, 0.3) is 5.70 Å². The van der Waals surface area contributed by atoms with Crippen molar-refractivity contribution in [2.75, 3.05) is 0 Å². The minimum absolute atomic E-state index is 0.529. The number of benzene rings is 3. The molecule has 0 bridgehead atoms. The molecule has 2 nitrogen and oxygen atoms in total. The monoisotopic (exact) mass is 319 g/mol. The molecule has 0 saturated heterocycles. The first-order valence-electron chi connectivity index (χ1n) is 7.45. The zero-order chi connectivity index (χ0) is 16.1. The predicted molar refractivity (Wildman–Crippen MR) is 98.4 cm³/mol. The lowest BCUT2D eigenvalue weighted by Gasteiger charge is -2.16. The summed E-state index contributed by atoms with van der Waals surface area (Å²) >= 11 is 0. The van der Waals surface area contributed by atoms with Gasteiger partial charge in [0.1, 0.15) is 0 Å². The molecule has 0 aliphatic rings. The van der Waals surface area contributed by atoms with Crippen LogP contribution in [0.5, 0.6) is 0 Å². The largest absolute Gasteiger partial charge is 0.398 e. The van der Waals surface area contributed by atoms with E-state index in [2.05, 4.69) is 0 Å². The molecule has 23 heavy (non-hydrogen) atoms. The summed E-state index contributed by atoms with van der Waals surface area (Å²) in [7, 11) is -2.93. The Morgan fingerprint density at radius 1 is 0.696 bits per heavy atom. The lowest BCUT2D eigenvalue weighted by atomic mass is 10.2. The summed E-state index contributed by atoms with van der Waals surface area (Å²) in [4.78, 5) is 0. The van der Waals surface area contributed by atoms with Gasteiger partial charge in [-0.15, -0.1) is 0 Å². The van der Waals surface area contributed by atoms with E-state index in [-0.39, 0.29) is 0 Å². The number of hydrogen-bond acceptors (Lipinski definition) is 2. The molecule has 0 unspecified atom stereocenters. The van der Waals surface area contributed by atoms with Gasteiger partial charge in [-0.1, -0.05) is 91.0 Å². The first-order chi connectivity index (χ1) is 11.2. The quantitative estimate of drug-likeness (QED) is 0.740. The van der Waals surface area contributed by atoms with Crippen LogP contribution in [0.4, 0.5) is 0 Å². The third kappa shape index (κ3) is 3.28. The Bertz CT molecular complexity index is 799. The van der Waals surface area contributed by atoms with E-state index < -0.39 is 7.14 Å². The highest BCUT2D eigenvalue weighted by Crippen LogP contribution is 2.46. The van der Waals surface area contributed by atoms with Crippen LogP contribution in [-0.4, -0.2) is 0 Å². The molecule has 0 radical (unpaired) electrons. The van der Waals surface area contributed by atoms with Crippen molar-refractivity contribution in [1.82, 2.24) is 0 Å². The standard InChI is InChI=1S/C20H18NOP/c21-20(17-10-4-1-5-11-17)16-23(22,18-12-6-2-7-13-18)19-14-8-3-9-15-19/h1-16H,21H2/b20-16+. The second kappa shape index (κ2) is 6.68. The molecule has 0 amide bonds. The van der Waals surface area contributed by atoms with E-state index in [0.29, 0.717) is 5.70 Å². The molecule has 0 aliphatic heterocycles. The van der Waals surface area contributed by atoms with Gasteiger partial charge < -0.3 is 10.3 Å². The Morgan fingerprint density at radius 2 is 1.09 bits per heavy atom. The smallest absolute Gasteiger partial charge is 0.166 e. The van der Waals surface area contributed by atoms with Gasteiger partial charge in [0.25, 0.3) is 0 Å². The van der Waals surface area contributed by atoms with Crippen LogP contribution in [0.3, 0.4) is 0 Å². The average molecular weight is 319 g/mol. The SMILES string of the molecule is N/C(=C/P(=O)(c1ccccc1)c1ccccc1)c1ccccc1. The van der Waals surface area contributed by atoms with Gasteiger partial charge in [-0.2, -0.15) is 0 Å². The normalized spacial score (nSPS) is 12.1. The first kappa shape index (κ1) is 15.3. The molecule has 3 aromatic carbocycles. The number of rotatable bonds is 4. The lowest BCUT2D eigenvalue weighted by molar-refractivity contribution is 0.592. The van der Waals surface area contributed by atoms with Crippen molar-refractivity contribution in [3.8, 4) is 0 Å². The van der Waals surface area contributed by atoms with E-state index in [1.165, 1.54) is 0 Å². The molecule has 0 aliphatic carbocycles. The molecular formula is C20H18NOP. The molecule has 3 heteroatoms. The van der Waals surface area contributed by atoms with Gasteiger partial charge in [0.05, 0.1) is 0 Å². The van der Waals surface area contributed by atoms with E-state index in [1.54, 1.807) is 5.82 Å². The van der Waals surface area contributed by atoms with Crippen molar-refractivity contribution >= 4 is 23.4 Å². The fourth-order valence-electron chi connectivity index (χ4n) is 2.50. The van der Waals surface area contributed by atoms with Crippen LogP contribution < -0.4 is 16.3 Å². The van der Waals surface area contributed by atoms with Gasteiger partial charge in [0.2, 0.25) is 0 Å². The molecular weight excluding hydrogens is 301 g/mol. The average Bonchev–Trinajstić information content (AvgIpc) is 2.64. The summed E-state index contributed by atoms with van der Waals surface area (Å²) in [5.41, 5.74) is 7.65. The molecule has 0 aromatic heterocycles. The third-order valence-electron chi connectivity index (χ3n) is 3.71. The summed E-state index contributed by atoms with van der Waals surface area (Å²) < 4.78 is 13.8. The van der Waals surface area contributed by atoms with E-state index in [1.807, 2.05) is 91.0 Å². The molecule has 0 atom stereocenters. The second-order valence-electron chi connectivity index (χ2n) is 5.28. The summed E-state index contributed by atoms with van der Waals surface area (Å²) in [5.74, 6) is 1.72. The molecule has 3 aromatic rings. The van der Waals surface area contributed by atoms with Crippen LogP contribution in [0.15, 0.2) is 96.8 Å². The highest BCUT2D eigenvalue weighted by Gasteiger charge is 2.25. The summed E-state index contributed by atoms with van der Waals surface area (Å²) in [6.07, 6.45) is 0. The van der Waals surface area contributed by atoms with E-state index in [0.717, 1.165) is 16.2 Å². The van der Waals surface area contributed by atoms with Crippen molar-refractivity contribution in [2.45, 2.75) is 0 Å². The Morgan fingerprint density at radius 3 is 1.52 bits per heavy atom. The van der Waals surface area contributed by atoms with Gasteiger partial charge >= 0.3 is 0 Å². The van der Waals surface area contributed by atoms with E-state index >= 15 is 0 Å². The summed E-state index contributed by atoms with van der Waals surface area (Å²) in [5, 5.41) is 1.56. The molecule has 0 fully saturated rings. The minimum Gasteiger partial charge on any atom is -0.398 e. The van der Waals surface area contributed by atoms with Crippen LogP contribution in [0, 0.1) is 0 Å². The first-order valence-corrected chi connectivity index (χ1v) is 9.22. The number of nitrogens with two attached hydrogens (primary N) is 1. The fourth-order valence-corrected chi connectivity index (χ4v) is 4.87. The Kier molecular flexibility index (Phi) is 4.45. The maximum Gasteiger partial charge on any atom is 0.166 e. The molecule has 0 saturated carbocycles. The maximum absolute atomic E-state index is 13.8. The Balaban J connectivity index is 2.16. The molecule has 0 spiro atoms. The van der Waals surface area contributed by atoms with Crippen LogP contribution in [0.2, 0.25) is 0 Å². The zero-order valence-corrected chi connectivity index (χ0v) is 13.6. The highest BCUT2D eigenvalue weighted by atomic mass is 31.2. The maximum atomic E-state index is 13.8. The van der Waals surface area contributed by atoms with Crippen LogP contribution >= 0.6 is 7.14 Å². The molecule has 2 N–H and O–H groups in total. The van der Waals surface area contributed by atoms with Crippen molar-refractivity contribution in [2.24, 2.45) is 5.73 Å². The zero-order valence-electron chi connectivity index (χ0n) is 12.7. The van der Waals surface area contributed by atoms with Gasteiger partial charge in [0, 0.05) is 22.1 Å². The minimum atomic E-state index is -2.93. The van der Waals surface area contributed by atoms with Crippen molar-refractivity contribution < 1.29 is 4.57 Å². The predicted octanol–water partition coefficient (Wildman–Crippen LogP) is 3.96. The van der Waals surface area contributed by atoms with Gasteiger partial charge in [0.15, 0.2) is 7.14 Å². The Labute approximate surface area is 136 Å². The third-order valence-corrected chi connectivity index (χ3v) is 6.48. The van der Waals surface area contributed by atoms with Gasteiger partial charge in [-0.05, 0) is 5.56 Å². The van der Waals surface area contributed by atoms with Gasteiger partial charge in [-0.3, -0.25) is 0 Å². The summed E-state index contributed by atoms with van der Waals surface area (Å²) in [6, 6.07) is 28.6. The van der Waals surface area contributed by atoms with Crippen LogP contribution in [-0.2, 0) is 4.57 Å².